The van der Waals surface area contributed by atoms with E-state index in [-0.39, 0.29) is 17.1 Å². The van der Waals surface area contributed by atoms with E-state index in [1.165, 1.54) is 6.07 Å². The second kappa shape index (κ2) is 3.68. The minimum Gasteiger partial charge on any atom is -0.508 e. The van der Waals surface area contributed by atoms with Gasteiger partial charge >= 0.3 is 0 Å². The molecule has 4 nitrogen and oxygen atoms in total. The Morgan fingerprint density at radius 2 is 1.63 bits per heavy atom. The Balaban J connectivity index is 2.47. The largest absolute Gasteiger partial charge is 0.508 e. The molecule has 0 aliphatic heterocycles. The second-order valence-electron chi connectivity index (χ2n) is 4.54. The van der Waals surface area contributed by atoms with Gasteiger partial charge in [0.05, 0.1) is 0 Å². The summed E-state index contributed by atoms with van der Waals surface area (Å²) < 4.78 is 0. The fraction of sp³-hybridized carbons (Fsp3) is 0.0667. The number of phenolic OH excluding ortho intramolecular Hbond substituents is 2. The van der Waals surface area contributed by atoms with Crippen LogP contribution in [0.1, 0.15) is 26.3 Å². The van der Waals surface area contributed by atoms with Crippen molar-refractivity contribution in [1.82, 2.24) is 0 Å². The van der Waals surface area contributed by atoms with Crippen LogP contribution in [0.2, 0.25) is 0 Å². The highest BCUT2D eigenvalue weighted by Gasteiger charge is 2.33. The van der Waals surface area contributed by atoms with Crippen LogP contribution in [-0.2, 0) is 0 Å². The molecule has 2 aromatic carbocycles. The average molecular weight is 254 g/mol. The number of phenols is 2. The first-order valence-corrected chi connectivity index (χ1v) is 5.75. The Kier molecular flexibility index (Phi) is 2.22. The van der Waals surface area contributed by atoms with Crippen molar-refractivity contribution < 1.29 is 19.8 Å². The van der Waals surface area contributed by atoms with Crippen molar-refractivity contribution in [3.8, 4) is 22.6 Å². The summed E-state index contributed by atoms with van der Waals surface area (Å²) in [5.74, 6) is -1.76. The Hall–Kier alpha value is -2.62. The average Bonchev–Trinajstić information content (AvgIpc) is 2.35. The van der Waals surface area contributed by atoms with Crippen LogP contribution in [0.5, 0.6) is 11.5 Å². The fourth-order valence-electron chi connectivity index (χ4n) is 2.49. The van der Waals surface area contributed by atoms with E-state index in [4.69, 9.17) is 0 Å². The van der Waals surface area contributed by atoms with Crippen LogP contribution in [-0.4, -0.2) is 21.8 Å². The molecule has 0 radical (unpaired) electrons. The van der Waals surface area contributed by atoms with Gasteiger partial charge < -0.3 is 10.2 Å². The Morgan fingerprint density at radius 1 is 0.895 bits per heavy atom. The molecule has 0 unspecified atom stereocenters. The maximum absolute atomic E-state index is 12.1. The van der Waals surface area contributed by atoms with Crippen LogP contribution in [0.4, 0.5) is 0 Å². The van der Waals surface area contributed by atoms with Crippen LogP contribution in [0.15, 0.2) is 30.3 Å². The summed E-state index contributed by atoms with van der Waals surface area (Å²) in [5, 5.41) is 19.4. The minimum atomic E-state index is -0.706. The van der Waals surface area contributed by atoms with Gasteiger partial charge in [0, 0.05) is 22.8 Å². The number of aromatic hydroxyl groups is 2. The van der Waals surface area contributed by atoms with Gasteiger partial charge in [0.2, 0.25) is 11.6 Å². The van der Waals surface area contributed by atoms with Crippen molar-refractivity contribution in [1.29, 1.82) is 0 Å². The summed E-state index contributed by atoms with van der Waals surface area (Å²) >= 11 is 0. The minimum absolute atomic E-state index is 0.0422. The normalized spacial score (nSPS) is 13.1. The number of rotatable bonds is 0. The predicted molar refractivity (Wildman–Crippen MR) is 68.6 cm³/mol. The standard InChI is InChI=1S/C15H10O4/c1-7-3-2-4-9-12(7)15(19)14(18)10-5-8(16)6-11(17)13(9)10/h2-6,16-17H,1H3. The maximum atomic E-state index is 12.1. The Bertz CT molecular complexity index is 744. The van der Waals surface area contributed by atoms with E-state index < -0.39 is 11.6 Å². The molecule has 0 saturated carbocycles. The molecular formula is C15H10O4. The number of ketones is 2. The molecule has 0 saturated heterocycles. The number of hydrogen-bond acceptors (Lipinski definition) is 4. The van der Waals surface area contributed by atoms with E-state index in [2.05, 4.69) is 0 Å². The first kappa shape index (κ1) is 11.5. The van der Waals surface area contributed by atoms with E-state index in [9.17, 15) is 19.8 Å². The zero-order valence-electron chi connectivity index (χ0n) is 10.1. The van der Waals surface area contributed by atoms with Gasteiger partial charge in [-0.3, -0.25) is 9.59 Å². The molecule has 19 heavy (non-hydrogen) atoms. The molecule has 0 bridgehead atoms. The molecule has 2 aromatic rings. The predicted octanol–water partition coefficient (Wildman–Crippen LogP) is 2.45. The first-order valence-electron chi connectivity index (χ1n) is 5.75. The lowest BCUT2D eigenvalue weighted by atomic mass is 9.81. The van der Waals surface area contributed by atoms with Gasteiger partial charge in [-0.2, -0.15) is 0 Å². The third-order valence-corrected chi connectivity index (χ3v) is 3.32. The number of Topliss-reactive ketones (excluding diaryl/α,β-unsaturated/α-hetero) is 2. The number of benzene rings is 2. The van der Waals surface area contributed by atoms with E-state index in [1.54, 1.807) is 25.1 Å². The summed E-state index contributed by atoms with van der Waals surface area (Å²) in [5.41, 5.74) is 1.88. The van der Waals surface area contributed by atoms with Crippen molar-refractivity contribution >= 4 is 11.6 Å². The smallest absolute Gasteiger partial charge is 0.234 e. The van der Waals surface area contributed by atoms with Gasteiger partial charge in [0.25, 0.3) is 0 Å². The summed E-state index contributed by atoms with van der Waals surface area (Å²) in [4.78, 5) is 24.2. The molecule has 0 atom stereocenters. The summed E-state index contributed by atoms with van der Waals surface area (Å²) in [6.07, 6.45) is 0. The second-order valence-corrected chi connectivity index (χ2v) is 4.54. The van der Waals surface area contributed by atoms with E-state index in [0.29, 0.717) is 22.3 Å². The van der Waals surface area contributed by atoms with Gasteiger partial charge in [-0.05, 0) is 24.1 Å². The molecule has 0 amide bonds. The van der Waals surface area contributed by atoms with Crippen LogP contribution in [0.3, 0.4) is 0 Å². The highest BCUT2D eigenvalue weighted by Crippen LogP contribution is 2.42. The zero-order valence-corrected chi connectivity index (χ0v) is 10.1. The molecule has 1 aliphatic carbocycles. The molecular weight excluding hydrogens is 244 g/mol. The molecule has 4 heteroatoms. The monoisotopic (exact) mass is 254 g/mol. The number of fused-ring (bicyclic) bond motifs is 3. The van der Waals surface area contributed by atoms with Crippen molar-refractivity contribution in [2.45, 2.75) is 6.92 Å². The lowest BCUT2D eigenvalue weighted by Crippen LogP contribution is -2.22. The lowest BCUT2D eigenvalue weighted by molar-refractivity contribution is 0.0814. The SMILES string of the molecule is Cc1cccc2c1C(=O)C(=O)c1cc(O)cc(O)c1-2. The van der Waals surface area contributed by atoms with E-state index >= 15 is 0 Å². The van der Waals surface area contributed by atoms with E-state index in [0.717, 1.165) is 6.07 Å². The van der Waals surface area contributed by atoms with Crippen LogP contribution in [0.25, 0.3) is 11.1 Å². The van der Waals surface area contributed by atoms with Crippen molar-refractivity contribution in [3.05, 3.63) is 47.0 Å². The number of carbonyl (C=O) groups is 2. The highest BCUT2D eigenvalue weighted by molar-refractivity contribution is 6.53. The van der Waals surface area contributed by atoms with Crippen LogP contribution >= 0.6 is 0 Å². The molecule has 0 heterocycles. The Labute approximate surface area is 108 Å². The maximum Gasteiger partial charge on any atom is 0.234 e. The molecule has 0 spiro atoms. The molecule has 0 fully saturated rings. The highest BCUT2D eigenvalue weighted by atomic mass is 16.3. The number of carbonyl (C=O) groups excluding carboxylic acids is 2. The summed E-state index contributed by atoms with van der Waals surface area (Å²) in [7, 11) is 0. The van der Waals surface area contributed by atoms with Crippen molar-refractivity contribution in [2.24, 2.45) is 0 Å². The van der Waals surface area contributed by atoms with Gasteiger partial charge in [0.15, 0.2) is 0 Å². The number of hydrogen-bond donors (Lipinski definition) is 2. The topological polar surface area (TPSA) is 74.6 Å². The zero-order chi connectivity index (χ0) is 13.7. The third kappa shape index (κ3) is 1.46. The summed E-state index contributed by atoms with van der Waals surface area (Å²) in [6, 6.07) is 7.55. The molecule has 3 rings (SSSR count). The lowest BCUT2D eigenvalue weighted by Gasteiger charge is -2.20. The molecule has 0 aromatic heterocycles. The van der Waals surface area contributed by atoms with Gasteiger partial charge in [-0.1, -0.05) is 18.2 Å². The quantitative estimate of drug-likeness (QED) is 0.708. The fourth-order valence-corrected chi connectivity index (χ4v) is 2.49. The molecule has 2 N–H and O–H groups in total. The van der Waals surface area contributed by atoms with Gasteiger partial charge in [0.1, 0.15) is 11.5 Å². The number of aryl methyl sites for hydroxylation is 1. The van der Waals surface area contributed by atoms with E-state index in [1.807, 2.05) is 0 Å². The van der Waals surface area contributed by atoms with Crippen LogP contribution in [0, 0.1) is 6.92 Å². The van der Waals surface area contributed by atoms with Crippen molar-refractivity contribution in [3.63, 3.8) is 0 Å². The molecule has 94 valence electrons. The molecule has 1 aliphatic rings. The summed E-state index contributed by atoms with van der Waals surface area (Å²) in [6.45, 7) is 1.74. The van der Waals surface area contributed by atoms with Crippen LogP contribution < -0.4 is 0 Å². The Morgan fingerprint density at radius 3 is 2.37 bits per heavy atom. The van der Waals surface area contributed by atoms with Gasteiger partial charge in [-0.15, -0.1) is 0 Å². The third-order valence-electron chi connectivity index (χ3n) is 3.32. The van der Waals surface area contributed by atoms with Gasteiger partial charge in [-0.25, -0.2) is 0 Å². The first-order chi connectivity index (χ1) is 9.00. The van der Waals surface area contributed by atoms with Crippen molar-refractivity contribution in [2.75, 3.05) is 0 Å².